The normalized spacial score (nSPS) is 17.4. The van der Waals surface area contributed by atoms with Crippen LogP contribution in [0.15, 0.2) is 17.0 Å². The molecular weight excluding hydrogens is 307 g/mol. The van der Waals surface area contributed by atoms with Crippen molar-refractivity contribution in [2.75, 3.05) is 5.73 Å². The molecule has 1 aliphatic carbocycles. The van der Waals surface area contributed by atoms with E-state index in [9.17, 15) is 8.42 Å². The van der Waals surface area contributed by atoms with E-state index in [1.165, 1.54) is 25.0 Å². The molecule has 2 rings (SSSR count). The van der Waals surface area contributed by atoms with Gasteiger partial charge in [0.1, 0.15) is 4.90 Å². The number of anilines is 1. The predicted octanol–water partition coefficient (Wildman–Crippen LogP) is 3.04. The average Bonchev–Trinajstić information content (AvgIpc) is 2.97. The highest BCUT2D eigenvalue weighted by Gasteiger charge is 2.28. The molecule has 1 atom stereocenters. The van der Waals surface area contributed by atoms with Crippen molar-refractivity contribution < 1.29 is 8.42 Å². The summed E-state index contributed by atoms with van der Waals surface area (Å²) in [6.07, 6.45) is 3.19. The van der Waals surface area contributed by atoms with Crippen molar-refractivity contribution in [1.29, 1.82) is 0 Å². The van der Waals surface area contributed by atoms with Crippen molar-refractivity contribution >= 4 is 38.9 Å². The van der Waals surface area contributed by atoms with E-state index in [1.807, 2.05) is 6.92 Å². The molecule has 4 nitrogen and oxygen atoms in total. The Labute approximate surface area is 123 Å². The van der Waals surface area contributed by atoms with Gasteiger partial charge in [-0.05, 0) is 31.4 Å². The van der Waals surface area contributed by atoms with E-state index in [0.29, 0.717) is 10.9 Å². The molecule has 0 aromatic heterocycles. The average molecular weight is 323 g/mol. The van der Waals surface area contributed by atoms with Gasteiger partial charge in [-0.1, -0.05) is 36.0 Å². The molecule has 0 radical (unpaired) electrons. The Bertz CT molecular complexity index is 562. The second kappa shape index (κ2) is 5.48. The third-order valence-corrected chi connectivity index (χ3v) is 5.38. The largest absolute Gasteiger partial charge is 0.398 e. The van der Waals surface area contributed by atoms with E-state index in [1.54, 1.807) is 0 Å². The van der Waals surface area contributed by atoms with Crippen molar-refractivity contribution in [3.05, 3.63) is 22.2 Å². The summed E-state index contributed by atoms with van der Waals surface area (Å²) >= 11 is 11.7. The quantitative estimate of drug-likeness (QED) is 0.818. The van der Waals surface area contributed by atoms with Crippen molar-refractivity contribution in [3.63, 3.8) is 0 Å². The summed E-state index contributed by atoms with van der Waals surface area (Å²) in [4.78, 5) is -0.0961. The van der Waals surface area contributed by atoms with Crippen LogP contribution in [0.25, 0.3) is 0 Å². The fourth-order valence-electron chi connectivity index (χ4n) is 2.09. The molecule has 0 saturated heterocycles. The minimum atomic E-state index is -3.72. The van der Waals surface area contributed by atoms with Crippen LogP contribution in [0.3, 0.4) is 0 Å². The van der Waals surface area contributed by atoms with Crippen LogP contribution in [0.5, 0.6) is 0 Å². The van der Waals surface area contributed by atoms with Gasteiger partial charge < -0.3 is 5.73 Å². The Kier molecular flexibility index (Phi) is 4.30. The molecule has 3 N–H and O–H groups in total. The third kappa shape index (κ3) is 3.75. The number of halogens is 2. The number of sulfonamides is 1. The molecule has 0 heterocycles. The SMILES string of the molecule is CC(CC1CC1)NS(=O)(=O)c1c(N)cc(Cl)cc1Cl. The fraction of sp³-hybridized carbons (Fsp3) is 0.500. The van der Waals surface area contributed by atoms with Crippen LogP contribution < -0.4 is 10.5 Å². The summed E-state index contributed by atoms with van der Waals surface area (Å²) in [5.41, 5.74) is 5.77. The topological polar surface area (TPSA) is 72.2 Å². The number of hydrogen-bond donors (Lipinski definition) is 2. The summed E-state index contributed by atoms with van der Waals surface area (Å²) in [5.74, 6) is 0.635. The highest BCUT2D eigenvalue weighted by molar-refractivity contribution is 7.89. The Morgan fingerprint density at radius 3 is 2.58 bits per heavy atom. The summed E-state index contributed by atoms with van der Waals surface area (Å²) in [7, 11) is -3.72. The van der Waals surface area contributed by atoms with Crippen molar-refractivity contribution in [2.45, 2.75) is 37.1 Å². The molecule has 1 aromatic carbocycles. The zero-order valence-electron chi connectivity index (χ0n) is 10.5. The predicted molar refractivity (Wildman–Crippen MR) is 78.0 cm³/mol. The summed E-state index contributed by atoms with van der Waals surface area (Å²) in [6.45, 7) is 1.84. The molecule has 19 heavy (non-hydrogen) atoms. The molecule has 106 valence electrons. The lowest BCUT2D eigenvalue weighted by atomic mass is 10.2. The Morgan fingerprint density at radius 1 is 1.42 bits per heavy atom. The van der Waals surface area contributed by atoms with Gasteiger partial charge in [0.05, 0.1) is 10.7 Å². The maximum atomic E-state index is 12.3. The van der Waals surface area contributed by atoms with E-state index in [4.69, 9.17) is 28.9 Å². The summed E-state index contributed by atoms with van der Waals surface area (Å²) in [5, 5.41) is 0.351. The van der Waals surface area contributed by atoms with Gasteiger partial charge in [-0.25, -0.2) is 13.1 Å². The van der Waals surface area contributed by atoms with Crippen LogP contribution >= 0.6 is 23.2 Å². The Balaban J connectivity index is 2.23. The molecule has 1 saturated carbocycles. The first-order chi connectivity index (χ1) is 8.79. The van der Waals surface area contributed by atoms with E-state index in [0.717, 1.165) is 6.42 Å². The van der Waals surface area contributed by atoms with Gasteiger partial charge in [0.25, 0.3) is 0 Å². The molecule has 0 amide bonds. The van der Waals surface area contributed by atoms with E-state index in [2.05, 4.69) is 4.72 Å². The van der Waals surface area contributed by atoms with Gasteiger partial charge in [-0.3, -0.25) is 0 Å². The molecule has 0 aliphatic heterocycles. The van der Waals surface area contributed by atoms with Gasteiger partial charge in [-0.15, -0.1) is 0 Å². The number of hydrogen-bond acceptors (Lipinski definition) is 3. The van der Waals surface area contributed by atoms with Crippen LogP contribution in [0.4, 0.5) is 5.69 Å². The minimum absolute atomic E-state index is 0.0381. The first-order valence-corrected chi connectivity index (χ1v) is 8.30. The van der Waals surface area contributed by atoms with Gasteiger partial charge in [0.15, 0.2) is 0 Å². The van der Waals surface area contributed by atoms with Crippen molar-refractivity contribution in [2.24, 2.45) is 5.92 Å². The molecular formula is C12H16Cl2N2O2S. The molecule has 0 bridgehead atoms. The van der Waals surface area contributed by atoms with Gasteiger partial charge in [0.2, 0.25) is 10.0 Å². The zero-order valence-corrected chi connectivity index (χ0v) is 12.8. The van der Waals surface area contributed by atoms with Crippen LogP contribution in [0.1, 0.15) is 26.2 Å². The second-order valence-electron chi connectivity index (χ2n) is 5.01. The Morgan fingerprint density at radius 2 is 2.05 bits per heavy atom. The smallest absolute Gasteiger partial charge is 0.244 e. The number of nitrogens with one attached hydrogen (secondary N) is 1. The highest BCUT2D eigenvalue weighted by atomic mass is 35.5. The summed E-state index contributed by atoms with van der Waals surface area (Å²) in [6, 6.07) is 2.62. The maximum Gasteiger partial charge on any atom is 0.244 e. The lowest BCUT2D eigenvalue weighted by Crippen LogP contribution is -2.33. The van der Waals surface area contributed by atoms with Crippen molar-refractivity contribution in [1.82, 2.24) is 4.72 Å². The van der Waals surface area contributed by atoms with Gasteiger partial charge >= 0.3 is 0 Å². The molecule has 1 aromatic rings. The minimum Gasteiger partial charge on any atom is -0.398 e. The molecule has 0 spiro atoms. The lowest BCUT2D eigenvalue weighted by Gasteiger charge is -2.16. The lowest BCUT2D eigenvalue weighted by molar-refractivity contribution is 0.530. The monoisotopic (exact) mass is 322 g/mol. The Hall–Kier alpha value is -0.490. The van der Waals surface area contributed by atoms with Crippen LogP contribution in [0.2, 0.25) is 10.0 Å². The standard InChI is InChI=1S/C12H16Cl2N2O2S/c1-7(4-8-2-3-8)16-19(17,18)12-10(14)5-9(13)6-11(12)15/h5-8,16H,2-4,15H2,1H3. The first-order valence-electron chi connectivity index (χ1n) is 6.06. The zero-order chi connectivity index (χ0) is 14.2. The number of benzene rings is 1. The fourth-order valence-corrected chi connectivity index (χ4v) is 4.33. The number of rotatable bonds is 5. The maximum absolute atomic E-state index is 12.3. The molecule has 1 aliphatic rings. The third-order valence-electron chi connectivity index (χ3n) is 3.05. The van der Waals surface area contributed by atoms with E-state index >= 15 is 0 Å². The highest BCUT2D eigenvalue weighted by Crippen LogP contribution is 2.35. The summed E-state index contributed by atoms with van der Waals surface area (Å²) < 4.78 is 27.2. The van der Waals surface area contributed by atoms with E-state index < -0.39 is 10.0 Å². The van der Waals surface area contributed by atoms with Gasteiger partial charge in [-0.2, -0.15) is 0 Å². The van der Waals surface area contributed by atoms with Crippen molar-refractivity contribution in [3.8, 4) is 0 Å². The van der Waals surface area contributed by atoms with Gasteiger partial charge in [0, 0.05) is 11.1 Å². The first kappa shape index (κ1) is 14.9. The second-order valence-corrected chi connectivity index (χ2v) is 7.50. The van der Waals surface area contributed by atoms with Crippen LogP contribution in [-0.4, -0.2) is 14.5 Å². The van der Waals surface area contributed by atoms with Crippen LogP contribution in [-0.2, 0) is 10.0 Å². The number of nitrogen functional groups attached to an aromatic ring is 1. The van der Waals surface area contributed by atoms with Crippen LogP contribution in [0, 0.1) is 5.92 Å². The molecule has 1 fully saturated rings. The number of nitrogens with two attached hydrogens (primary N) is 1. The van der Waals surface area contributed by atoms with E-state index in [-0.39, 0.29) is 21.6 Å². The molecule has 1 unspecified atom stereocenters. The molecule has 7 heteroatoms.